The minimum atomic E-state index is -0.906. The van der Waals surface area contributed by atoms with Gasteiger partial charge in [-0.1, -0.05) is 0 Å². The summed E-state index contributed by atoms with van der Waals surface area (Å²) in [6.45, 7) is 1.98. The first-order valence-corrected chi connectivity index (χ1v) is 6.06. The lowest BCUT2D eigenvalue weighted by molar-refractivity contribution is -0.138. The maximum absolute atomic E-state index is 11.5. The highest BCUT2D eigenvalue weighted by molar-refractivity contribution is 6.62. The number of carbonyl (C=O) groups excluding carboxylic acids is 3. The number of hydrogen-bond acceptors (Lipinski definition) is 7. The molecule has 0 aromatic heterocycles. The van der Waals surface area contributed by atoms with Crippen LogP contribution in [0.5, 0.6) is 0 Å². The molecular formula is C14H15NO6. The van der Waals surface area contributed by atoms with Gasteiger partial charge in [-0.2, -0.15) is 0 Å². The summed E-state index contributed by atoms with van der Waals surface area (Å²) in [6.07, 6.45) is 0. The number of esters is 3. The quantitative estimate of drug-likeness (QED) is 0.351. The highest BCUT2D eigenvalue weighted by Gasteiger charge is 2.22. The molecule has 0 spiro atoms. The van der Waals surface area contributed by atoms with Crippen molar-refractivity contribution >= 4 is 29.3 Å². The summed E-state index contributed by atoms with van der Waals surface area (Å²) < 4.78 is 13.8. The molecule has 112 valence electrons. The van der Waals surface area contributed by atoms with Crippen molar-refractivity contribution in [1.29, 1.82) is 0 Å². The molecule has 0 atom stereocenters. The largest absolute Gasteiger partial charge is 0.464 e. The van der Waals surface area contributed by atoms with Crippen molar-refractivity contribution < 1.29 is 28.6 Å². The molecule has 0 aliphatic carbocycles. The van der Waals surface area contributed by atoms with Gasteiger partial charge >= 0.3 is 17.9 Å². The SMILES string of the molecule is CCOC(=O)c1ccc(N=C(C(=O)OC)C(=O)OC)cc1. The van der Waals surface area contributed by atoms with Gasteiger partial charge in [0, 0.05) is 0 Å². The Morgan fingerprint density at radius 3 is 1.95 bits per heavy atom. The average Bonchev–Trinajstić information content (AvgIpc) is 2.52. The van der Waals surface area contributed by atoms with Crippen LogP contribution in [-0.4, -0.2) is 44.4 Å². The molecule has 21 heavy (non-hydrogen) atoms. The standard InChI is InChI=1S/C14H15NO6/c1-4-21-12(16)9-5-7-10(8-6-9)15-11(13(17)19-2)14(18)20-3/h5-8H,4H2,1-3H3. The normalized spacial score (nSPS) is 9.48. The van der Waals surface area contributed by atoms with E-state index in [9.17, 15) is 14.4 Å². The molecule has 0 unspecified atom stereocenters. The average molecular weight is 293 g/mol. The zero-order valence-electron chi connectivity index (χ0n) is 11.9. The molecule has 1 aromatic rings. The fourth-order valence-electron chi connectivity index (χ4n) is 1.38. The third-order valence-corrected chi connectivity index (χ3v) is 2.38. The van der Waals surface area contributed by atoms with E-state index in [1.54, 1.807) is 6.92 Å². The molecule has 1 rings (SSSR count). The molecular weight excluding hydrogens is 278 g/mol. The topological polar surface area (TPSA) is 91.3 Å². The van der Waals surface area contributed by atoms with Crippen molar-refractivity contribution in [1.82, 2.24) is 0 Å². The molecule has 0 saturated heterocycles. The number of nitrogens with zero attached hydrogens (tertiary/aromatic N) is 1. The molecule has 0 fully saturated rings. The molecule has 0 heterocycles. The fraction of sp³-hybridized carbons (Fsp3) is 0.286. The van der Waals surface area contributed by atoms with Gasteiger partial charge in [0.2, 0.25) is 5.71 Å². The zero-order chi connectivity index (χ0) is 15.8. The molecule has 0 radical (unpaired) electrons. The number of aliphatic imine (C=N–C) groups is 1. The van der Waals surface area contributed by atoms with Crippen LogP contribution in [0.2, 0.25) is 0 Å². The van der Waals surface area contributed by atoms with Gasteiger partial charge in [-0.25, -0.2) is 19.4 Å². The molecule has 0 saturated carbocycles. The van der Waals surface area contributed by atoms with E-state index in [0.717, 1.165) is 14.2 Å². The van der Waals surface area contributed by atoms with Crippen LogP contribution in [0.4, 0.5) is 5.69 Å². The van der Waals surface area contributed by atoms with E-state index in [0.29, 0.717) is 11.3 Å². The van der Waals surface area contributed by atoms with Crippen molar-refractivity contribution in [3.63, 3.8) is 0 Å². The smallest absolute Gasteiger partial charge is 0.364 e. The van der Waals surface area contributed by atoms with Crippen molar-refractivity contribution in [2.45, 2.75) is 6.92 Å². The van der Waals surface area contributed by atoms with E-state index in [2.05, 4.69) is 14.5 Å². The third kappa shape index (κ3) is 4.41. The summed E-state index contributed by atoms with van der Waals surface area (Å²) in [5.41, 5.74) is 0.159. The molecule has 0 N–H and O–H groups in total. The van der Waals surface area contributed by atoms with Gasteiger partial charge in [-0.05, 0) is 31.2 Å². The molecule has 7 heteroatoms. The zero-order valence-corrected chi connectivity index (χ0v) is 11.9. The highest BCUT2D eigenvalue weighted by atomic mass is 16.5. The van der Waals surface area contributed by atoms with Gasteiger partial charge in [0.25, 0.3) is 0 Å². The van der Waals surface area contributed by atoms with E-state index < -0.39 is 23.6 Å². The van der Waals surface area contributed by atoms with Crippen LogP contribution >= 0.6 is 0 Å². The first-order chi connectivity index (χ1) is 10.0. The Hall–Kier alpha value is -2.70. The monoisotopic (exact) mass is 293 g/mol. The van der Waals surface area contributed by atoms with Crippen molar-refractivity contribution in [2.75, 3.05) is 20.8 Å². The lowest BCUT2D eigenvalue weighted by atomic mass is 10.2. The second-order valence-corrected chi connectivity index (χ2v) is 3.71. The van der Waals surface area contributed by atoms with E-state index in [1.807, 2.05) is 0 Å². The Kier molecular flexibility index (Phi) is 6.06. The summed E-state index contributed by atoms with van der Waals surface area (Å²) >= 11 is 0. The van der Waals surface area contributed by atoms with Gasteiger partial charge in [-0.3, -0.25) is 0 Å². The summed E-state index contributed by atoms with van der Waals surface area (Å²) in [5, 5.41) is 0. The third-order valence-electron chi connectivity index (χ3n) is 2.38. The maximum atomic E-state index is 11.5. The second-order valence-electron chi connectivity index (χ2n) is 3.71. The minimum Gasteiger partial charge on any atom is -0.464 e. The van der Waals surface area contributed by atoms with Crippen LogP contribution in [-0.2, 0) is 23.8 Å². The van der Waals surface area contributed by atoms with Crippen molar-refractivity contribution in [2.24, 2.45) is 4.99 Å². The molecule has 0 aliphatic heterocycles. The molecule has 0 amide bonds. The van der Waals surface area contributed by atoms with Crippen LogP contribution in [0.15, 0.2) is 29.3 Å². The first-order valence-electron chi connectivity index (χ1n) is 6.06. The van der Waals surface area contributed by atoms with Crippen molar-refractivity contribution in [3.8, 4) is 0 Å². The van der Waals surface area contributed by atoms with Crippen LogP contribution in [0.3, 0.4) is 0 Å². The van der Waals surface area contributed by atoms with Crippen LogP contribution in [0.1, 0.15) is 17.3 Å². The Balaban J connectivity index is 3.03. The minimum absolute atomic E-state index is 0.271. The van der Waals surface area contributed by atoms with E-state index >= 15 is 0 Å². The summed E-state index contributed by atoms with van der Waals surface area (Å²) in [5.74, 6) is -2.28. The Bertz CT molecular complexity index is 543. The number of carbonyl (C=O) groups is 3. The number of benzene rings is 1. The Morgan fingerprint density at radius 1 is 1.00 bits per heavy atom. The summed E-state index contributed by atoms with van der Waals surface area (Å²) in [4.78, 5) is 38.2. The van der Waals surface area contributed by atoms with Gasteiger partial charge in [0.1, 0.15) is 0 Å². The van der Waals surface area contributed by atoms with Crippen LogP contribution in [0, 0.1) is 0 Å². The van der Waals surface area contributed by atoms with E-state index in [4.69, 9.17) is 4.74 Å². The maximum Gasteiger partial charge on any atom is 0.364 e. The molecule has 0 bridgehead atoms. The van der Waals surface area contributed by atoms with Crippen molar-refractivity contribution in [3.05, 3.63) is 29.8 Å². The first kappa shape index (κ1) is 16.4. The van der Waals surface area contributed by atoms with Gasteiger partial charge in [0.15, 0.2) is 0 Å². The van der Waals surface area contributed by atoms with E-state index in [-0.39, 0.29) is 6.61 Å². The predicted molar refractivity (Wildman–Crippen MR) is 73.5 cm³/mol. The van der Waals surface area contributed by atoms with Gasteiger partial charge < -0.3 is 14.2 Å². The van der Waals surface area contributed by atoms with E-state index in [1.165, 1.54) is 24.3 Å². The lowest BCUT2D eigenvalue weighted by Gasteiger charge is -2.04. The highest BCUT2D eigenvalue weighted by Crippen LogP contribution is 2.14. The predicted octanol–water partition coefficient (Wildman–Crippen LogP) is 1.28. The number of ether oxygens (including phenoxy) is 3. The van der Waals surface area contributed by atoms with Crippen LogP contribution < -0.4 is 0 Å². The number of methoxy groups -OCH3 is 2. The van der Waals surface area contributed by atoms with Gasteiger partial charge in [-0.15, -0.1) is 0 Å². The van der Waals surface area contributed by atoms with Gasteiger partial charge in [0.05, 0.1) is 32.1 Å². The number of hydrogen-bond donors (Lipinski definition) is 0. The Labute approximate surface area is 121 Å². The summed E-state index contributed by atoms with van der Waals surface area (Å²) in [6, 6.07) is 5.89. The van der Waals surface area contributed by atoms with Crippen LogP contribution in [0.25, 0.3) is 0 Å². The number of rotatable bonds is 5. The molecule has 0 aliphatic rings. The Morgan fingerprint density at radius 2 is 1.52 bits per heavy atom. The lowest BCUT2D eigenvalue weighted by Crippen LogP contribution is -2.26. The fourth-order valence-corrected chi connectivity index (χ4v) is 1.38. The molecule has 1 aromatic carbocycles. The second kappa shape index (κ2) is 7.78. The summed E-state index contributed by atoms with van der Waals surface area (Å²) in [7, 11) is 2.26. The molecule has 7 nitrogen and oxygen atoms in total.